The van der Waals surface area contributed by atoms with E-state index < -0.39 is 0 Å². The second-order valence-electron chi connectivity index (χ2n) is 8.24. The van der Waals surface area contributed by atoms with Gasteiger partial charge in [0.25, 0.3) is 0 Å². The second kappa shape index (κ2) is 6.66. The van der Waals surface area contributed by atoms with Gasteiger partial charge in [-0.15, -0.1) is 0 Å². The fourth-order valence-corrected chi connectivity index (χ4v) is 5.34. The van der Waals surface area contributed by atoms with Gasteiger partial charge in [0.15, 0.2) is 0 Å². The van der Waals surface area contributed by atoms with E-state index in [9.17, 15) is 5.11 Å². The highest BCUT2D eigenvalue weighted by atomic mass is 16.5. The Hall–Kier alpha value is -1.10. The van der Waals surface area contributed by atoms with Gasteiger partial charge in [0.1, 0.15) is 5.75 Å². The Labute approximate surface area is 146 Å². The van der Waals surface area contributed by atoms with Crippen LogP contribution < -0.4 is 10.1 Å². The maximum absolute atomic E-state index is 10.6. The zero-order valence-corrected chi connectivity index (χ0v) is 15.7. The molecule has 0 amide bonds. The molecule has 1 aliphatic carbocycles. The van der Waals surface area contributed by atoms with Crippen molar-refractivity contribution in [2.24, 2.45) is 11.3 Å². The van der Waals surface area contributed by atoms with Crippen molar-refractivity contribution in [2.75, 3.05) is 20.7 Å². The molecule has 1 aliphatic heterocycles. The van der Waals surface area contributed by atoms with E-state index in [2.05, 4.69) is 50.2 Å². The van der Waals surface area contributed by atoms with Gasteiger partial charge in [-0.05, 0) is 38.8 Å². The van der Waals surface area contributed by atoms with Crippen molar-refractivity contribution in [3.8, 4) is 5.75 Å². The molecular formula is C20H32N2O2. The van der Waals surface area contributed by atoms with Crippen molar-refractivity contribution in [3.63, 3.8) is 0 Å². The number of nitrogens with one attached hydrogen (secondary N) is 1. The summed E-state index contributed by atoms with van der Waals surface area (Å²) in [5.41, 5.74) is 2.68. The Morgan fingerprint density at radius 2 is 2.12 bits per heavy atom. The Kier molecular flexibility index (Phi) is 4.92. The van der Waals surface area contributed by atoms with Crippen LogP contribution in [0.15, 0.2) is 18.2 Å². The van der Waals surface area contributed by atoms with Crippen LogP contribution in [0.5, 0.6) is 5.75 Å². The van der Waals surface area contributed by atoms with Crippen LogP contribution in [0.4, 0.5) is 0 Å². The molecule has 1 saturated carbocycles. The lowest BCUT2D eigenvalue weighted by Crippen LogP contribution is -2.64. The average Bonchev–Trinajstić information content (AvgIpc) is 2.82. The molecule has 24 heavy (non-hydrogen) atoms. The molecule has 4 heteroatoms. The van der Waals surface area contributed by atoms with E-state index in [1.165, 1.54) is 5.56 Å². The number of aliphatic hydroxyl groups is 1. The van der Waals surface area contributed by atoms with Crippen LogP contribution in [0.2, 0.25) is 0 Å². The van der Waals surface area contributed by atoms with E-state index >= 15 is 0 Å². The Morgan fingerprint density at radius 1 is 1.38 bits per heavy atom. The van der Waals surface area contributed by atoms with Crippen molar-refractivity contribution >= 4 is 0 Å². The lowest BCUT2D eigenvalue weighted by atomic mass is 9.66. The smallest absolute Gasteiger partial charge is 0.123 e. The van der Waals surface area contributed by atoms with Gasteiger partial charge in [-0.2, -0.15) is 0 Å². The number of ether oxygens (including phenoxy) is 1. The summed E-state index contributed by atoms with van der Waals surface area (Å²) in [6.45, 7) is 8.54. The number of likely N-dealkylation sites (tertiary alicyclic amines) is 1. The van der Waals surface area contributed by atoms with Gasteiger partial charge in [-0.1, -0.05) is 31.5 Å². The molecule has 134 valence electrons. The van der Waals surface area contributed by atoms with E-state index in [0.717, 1.165) is 37.2 Å². The number of hydrogen-bond donors (Lipinski definition) is 2. The maximum atomic E-state index is 10.6. The van der Waals surface area contributed by atoms with Gasteiger partial charge < -0.3 is 20.1 Å². The number of hydrogen-bond acceptors (Lipinski definition) is 4. The highest BCUT2D eigenvalue weighted by Crippen LogP contribution is 2.52. The van der Waals surface area contributed by atoms with Gasteiger partial charge in [0.05, 0.1) is 13.2 Å². The molecule has 2 aliphatic rings. The fourth-order valence-electron chi connectivity index (χ4n) is 5.34. The number of rotatable bonds is 5. The molecule has 3 rings (SSSR count). The van der Waals surface area contributed by atoms with Crippen molar-refractivity contribution in [2.45, 2.75) is 58.3 Å². The molecule has 4 nitrogen and oxygen atoms in total. The van der Waals surface area contributed by atoms with Gasteiger partial charge in [0, 0.05) is 36.2 Å². The lowest BCUT2D eigenvalue weighted by molar-refractivity contribution is -0.0828. The Balaban J connectivity index is 1.66. The molecule has 0 aromatic heterocycles. The van der Waals surface area contributed by atoms with E-state index in [0.29, 0.717) is 12.0 Å². The van der Waals surface area contributed by atoms with Crippen molar-refractivity contribution < 1.29 is 9.84 Å². The summed E-state index contributed by atoms with van der Waals surface area (Å²) < 4.78 is 5.47. The van der Waals surface area contributed by atoms with E-state index in [-0.39, 0.29) is 17.6 Å². The molecule has 0 bridgehead atoms. The van der Waals surface area contributed by atoms with Crippen LogP contribution in [-0.4, -0.2) is 48.9 Å². The monoisotopic (exact) mass is 332 g/mol. The first-order valence-electron chi connectivity index (χ1n) is 9.11. The quantitative estimate of drug-likeness (QED) is 0.870. The zero-order valence-electron chi connectivity index (χ0n) is 15.7. The van der Waals surface area contributed by atoms with Gasteiger partial charge in [-0.3, -0.25) is 0 Å². The summed E-state index contributed by atoms with van der Waals surface area (Å²) in [5.74, 6) is 1.55. The topological polar surface area (TPSA) is 44.7 Å². The van der Waals surface area contributed by atoms with Crippen LogP contribution in [-0.2, 0) is 6.54 Å². The molecule has 1 saturated heterocycles. The van der Waals surface area contributed by atoms with E-state index in [1.54, 1.807) is 7.11 Å². The van der Waals surface area contributed by atoms with Crippen LogP contribution in [0, 0.1) is 18.3 Å². The third-order valence-corrected chi connectivity index (χ3v) is 6.00. The summed E-state index contributed by atoms with van der Waals surface area (Å²) in [7, 11) is 3.92. The first kappa shape index (κ1) is 17.7. The number of aliphatic hydroxyl groups excluding tert-OH is 1. The maximum Gasteiger partial charge on any atom is 0.123 e. The van der Waals surface area contributed by atoms with Crippen LogP contribution in [0.3, 0.4) is 0 Å². The minimum absolute atomic E-state index is 0.171. The summed E-state index contributed by atoms with van der Waals surface area (Å²) >= 11 is 0. The van der Waals surface area contributed by atoms with Gasteiger partial charge >= 0.3 is 0 Å². The average molecular weight is 332 g/mol. The fraction of sp³-hybridized carbons (Fsp3) is 0.700. The second-order valence-corrected chi connectivity index (χ2v) is 8.24. The normalized spacial score (nSPS) is 33.2. The molecule has 2 fully saturated rings. The number of methoxy groups -OCH3 is 1. The third kappa shape index (κ3) is 3.07. The van der Waals surface area contributed by atoms with Crippen molar-refractivity contribution in [1.29, 1.82) is 0 Å². The first-order chi connectivity index (χ1) is 11.4. The molecule has 1 aromatic carbocycles. The van der Waals surface area contributed by atoms with Gasteiger partial charge in [0.2, 0.25) is 0 Å². The molecule has 2 N–H and O–H groups in total. The number of aryl methyl sites for hydroxylation is 1. The van der Waals surface area contributed by atoms with Crippen LogP contribution in [0.25, 0.3) is 0 Å². The highest BCUT2D eigenvalue weighted by molar-refractivity contribution is 5.36. The summed E-state index contributed by atoms with van der Waals surface area (Å²) in [6.07, 6.45) is 1.73. The largest absolute Gasteiger partial charge is 0.496 e. The molecule has 4 atom stereocenters. The van der Waals surface area contributed by atoms with Crippen molar-refractivity contribution in [3.05, 3.63) is 29.3 Å². The predicted molar refractivity (Wildman–Crippen MR) is 97.3 cm³/mol. The minimum atomic E-state index is -0.254. The van der Waals surface area contributed by atoms with Crippen LogP contribution >= 0.6 is 0 Å². The minimum Gasteiger partial charge on any atom is -0.496 e. The number of nitrogens with zero attached hydrogens (tertiary/aromatic N) is 1. The van der Waals surface area contributed by atoms with Crippen molar-refractivity contribution in [1.82, 2.24) is 10.2 Å². The lowest BCUT2D eigenvalue weighted by Gasteiger charge is -2.57. The van der Waals surface area contributed by atoms with E-state index in [4.69, 9.17) is 4.74 Å². The highest BCUT2D eigenvalue weighted by Gasteiger charge is 2.57. The van der Waals surface area contributed by atoms with Crippen LogP contribution in [0.1, 0.15) is 37.8 Å². The molecule has 0 radical (unpaired) electrons. The summed E-state index contributed by atoms with van der Waals surface area (Å²) in [4.78, 5) is 2.45. The van der Waals surface area contributed by atoms with E-state index in [1.807, 2.05) is 6.07 Å². The molecule has 1 aromatic rings. The summed E-state index contributed by atoms with van der Waals surface area (Å²) in [6, 6.07) is 7.02. The molecule has 1 spiro atoms. The Morgan fingerprint density at radius 3 is 2.75 bits per heavy atom. The SMILES string of the molecule is COc1ccc(C)cc1CN[C@@H]1CC2(C[C@H]1O)CN(C)C2C(C)C. The molecular weight excluding hydrogens is 300 g/mol. The zero-order chi connectivity index (χ0) is 17.5. The predicted octanol–water partition coefficient (Wildman–Crippen LogP) is 2.57. The first-order valence-corrected chi connectivity index (χ1v) is 9.11. The third-order valence-electron chi connectivity index (χ3n) is 6.00. The Bertz CT molecular complexity index is 584. The van der Waals surface area contributed by atoms with Gasteiger partial charge in [-0.25, -0.2) is 0 Å². The molecule has 2 unspecified atom stereocenters. The summed E-state index contributed by atoms with van der Waals surface area (Å²) in [5, 5.41) is 14.2. The number of benzene rings is 1. The standard InChI is InChI=1S/C20H32N2O2/c1-13(2)19-20(12-22(19)4)9-16(17(23)10-20)21-11-15-8-14(3)6-7-18(15)24-5/h6-8,13,16-17,19,21,23H,9-12H2,1-5H3/t16-,17-,19?,20?/m1/s1. The molecule has 1 heterocycles.